The van der Waals surface area contributed by atoms with Crippen molar-refractivity contribution in [2.24, 2.45) is 0 Å². The molecule has 0 fully saturated rings. The van der Waals surface area contributed by atoms with Crippen LogP contribution in [0.4, 0.5) is 0 Å². The lowest BCUT2D eigenvalue weighted by atomic mass is 10.2. The lowest BCUT2D eigenvalue weighted by Gasteiger charge is -2.13. The number of aliphatic hydroxyl groups is 1. The van der Waals surface area contributed by atoms with E-state index in [0.717, 1.165) is 5.56 Å². The predicted octanol–water partition coefficient (Wildman–Crippen LogP) is 4.53. The highest BCUT2D eigenvalue weighted by molar-refractivity contribution is 6.30. The van der Waals surface area contributed by atoms with E-state index in [4.69, 9.17) is 25.8 Å². The fourth-order valence-electron chi connectivity index (χ4n) is 2.61. The van der Waals surface area contributed by atoms with Crippen LogP contribution in [0.1, 0.15) is 5.56 Å². The molecule has 0 atom stereocenters. The SMILES string of the molecule is C=C(O)COc1ccc(-n2ccc(COc3ccc(Cl)cc3)cc2=O)cc1OC. The molecule has 7 heteroatoms. The normalized spacial score (nSPS) is 10.4. The maximum atomic E-state index is 12.6. The van der Waals surface area contributed by atoms with Gasteiger partial charge in [-0.1, -0.05) is 18.2 Å². The molecule has 0 aliphatic rings. The number of ether oxygens (including phenoxy) is 3. The summed E-state index contributed by atoms with van der Waals surface area (Å²) in [6.45, 7) is 3.60. The van der Waals surface area contributed by atoms with Crippen LogP contribution in [-0.4, -0.2) is 23.4 Å². The Morgan fingerprint density at radius 1 is 1.07 bits per heavy atom. The van der Waals surface area contributed by atoms with E-state index in [1.54, 1.807) is 48.7 Å². The summed E-state index contributed by atoms with van der Waals surface area (Å²) in [6, 6.07) is 15.4. The van der Waals surface area contributed by atoms with Gasteiger partial charge in [-0.25, -0.2) is 0 Å². The van der Waals surface area contributed by atoms with Crippen molar-refractivity contribution in [1.29, 1.82) is 0 Å². The molecule has 0 amide bonds. The van der Waals surface area contributed by atoms with E-state index in [2.05, 4.69) is 6.58 Å². The third kappa shape index (κ3) is 5.33. The minimum Gasteiger partial charge on any atom is -0.509 e. The Balaban J connectivity index is 1.76. The second-order valence-corrected chi connectivity index (χ2v) is 6.61. The van der Waals surface area contributed by atoms with E-state index >= 15 is 0 Å². The summed E-state index contributed by atoms with van der Waals surface area (Å²) < 4.78 is 17.9. The number of methoxy groups -OCH3 is 1. The van der Waals surface area contributed by atoms with Crippen molar-refractivity contribution >= 4 is 11.6 Å². The summed E-state index contributed by atoms with van der Waals surface area (Å²) in [4.78, 5) is 12.6. The topological polar surface area (TPSA) is 69.9 Å². The quantitative estimate of drug-likeness (QED) is 0.549. The first-order chi connectivity index (χ1) is 14.0. The average Bonchev–Trinajstić information content (AvgIpc) is 2.72. The summed E-state index contributed by atoms with van der Waals surface area (Å²) in [5.41, 5.74) is 1.16. The Labute approximate surface area is 173 Å². The fourth-order valence-corrected chi connectivity index (χ4v) is 2.73. The van der Waals surface area contributed by atoms with E-state index in [1.807, 2.05) is 6.07 Å². The third-order valence-electron chi connectivity index (χ3n) is 4.02. The van der Waals surface area contributed by atoms with Gasteiger partial charge in [-0.3, -0.25) is 9.36 Å². The van der Waals surface area contributed by atoms with Gasteiger partial charge in [0.15, 0.2) is 11.5 Å². The number of hydrogen-bond acceptors (Lipinski definition) is 5. The van der Waals surface area contributed by atoms with Crippen LogP contribution in [0.15, 0.2) is 77.9 Å². The predicted molar refractivity (Wildman–Crippen MR) is 112 cm³/mol. The number of nitrogens with zero attached hydrogens (tertiary/aromatic N) is 1. The first-order valence-electron chi connectivity index (χ1n) is 8.74. The van der Waals surface area contributed by atoms with Gasteiger partial charge in [0.25, 0.3) is 5.56 Å². The first kappa shape index (κ1) is 20.4. The average molecular weight is 414 g/mol. The summed E-state index contributed by atoms with van der Waals surface area (Å²) in [5.74, 6) is 1.45. The van der Waals surface area contributed by atoms with Crippen molar-refractivity contribution in [2.45, 2.75) is 6.61 Å². The molecule has 0 saturated carbocycles. The van der Waals surface area contributed by atoms with E-state index in [-0.39, 0.29) is 24.5 Å². The molecule has 150 valence electrons. The molecule has 3 rings (SSSR count). The minimum atomic E-state index is -0.207. The monoisotopic (exact) mass is 413 g/mol. The standard InChI is InChI=1S/C22H20ClNO5/c1-15(25)13-29-20-8-5-18(12-21(20)27-2)24-10-9-16(11-22(24)26)14-28-19-6-3-17(23)4-7-19/h3-12,25H,1,13-14H2,2H3. The van der Waals surface area contributed by atoms with Crippen molar-refractivity contribution in [3.05, 3.63) is 94.1 Å². The van der Waals surface area contributed by atoms with E-state index in [1.165, 1.54) is 17.7 Å². The van der Waals surface area contributed by atoms with Gasteiger partial charge in [-0.05, 0) is 48.0 Å². The fraction of sp³-hybridized carbons (Fsp3) is 0.136. The molecule has 0 spiro atoms. The summed E-state index contributed by atoms with van der Waals surface area (Å²) in [6.07, 6.45) is 1.67. The van der Waals surface area contributed by atoms with Gasteiger partial charge in [-0.15, -0.1) is 0 Å². The van der Waals surface area contributed by atoms with Gasteiger partial charge in [0.05, 0.1) is 12.8 Å². The number of aromatic nitrogens is 1. The van der Waals surface area contributed by atoms with Gasteiger partial charge in [0.1, 0.15) is 24.7 Å². The Kier molecular flexibility index (Phi) is 6.46. The molecule has 1 heterocycles. The van der Waals surface area contributed by atoms with Crippen molar-refractivity contribution in [3.8, 4) is 22.9 Å². The summed E-state index contributed by atoms with van der Waals surface area (Å²) in [7, 11) is 1.50. The number of rotatable bonds is 8. The van der Waals surface area contributed by atoms with Crippen LogP contribution in [0.3, 0.4) is 0 Å². The summed E-state index contributed by atoms with van der Waals surface area (Å²) >= 11 is 5.86. The molecule has 0 radical (unpaired) electrons. The van der Waals surface area contributed by atoms with Gasteiger partial charge in [0.2, 0.25) is 0 Å². The molecule has 0 aliphatic heterocycles. The van der Waals surface area contributed by atoms with Gasteiger partial charge in [-0.2, -0.15) is 0 Å². The smallest absolute Gasteiger partial charge is 0.255 e. The molecule has 2 aromatic carbocycles. The third-order valence-corrected chi connectivity index (χ3v) is 4.27. The molecular weight excluding hydrogens is 394 g/mol. The van der Waals surface area contributed by atoms with Gasteiger partial charge >= 0.3 is 0 Å². The number of hydrogen-bond donors (Lipinski definition) is 1. The number of aliphatic hydroxyl groups excluding tert-OH is 1. The van der Waals surface area contributed by atoms with Crippen LogP contribution < -0.4 is 19.8 Å². The van der Waals surface area contributed by atoms with Crippen LogP contribution in [0.25, 0.3) is 5.69 Å². The highest BCUT2D eigenvalue weighted by atomic mass is 35.5. The highest BCUT2D eigenvalue weighted by Crippen LogP contribution is 2.29. The molecule has 1 aromatic heterocycles. The minimum absolute atomic E-state index is 0.0437. The van der Waals surface area contributed by atoms with Crippen LogP contribution in [0.2, 0.25) is 5.02 Å². The van der Waals surface area contributed by atoms with Crippen molar-refractivity contribution < 1.29 is 19.3 Å². The Bertz CT molecular complexity index is 1060. The first-order valence-corrected chi connectivity index (χ1v) is 9.12. The lowest BCUT2D eigenvalue weighted by Crippen LogP contribution is -2.18. The van der Waals surface area contributed by atoms with Crippen molar-refractivity contribution in [1.82, 2.24) is 4.57 Å². The molecule has 6 nitrogen and oxygen atoms in total. The van der Waals surface area contributed by atoms with Crippen LogP contribution in [0, 0.1) is 0 Å². The van der Waals surface area contributed by atoms with Crippen molar-refractivity contribution in [2.75, 3.05) is 13.7 Å². The van der Waals surface area contributed by atoms with Crippen LogP contribution in [0.5, 0.6) is 17.2 Å². The van der Waals surface area contributed by atoms with E-state index in [0.29, 0.717) is 28.0 Å². The Morgan fingerprint density at radius 3 is 2.48 bits per heavy atom. The van der Waals surface area contributed by atoms with E-state index < -0.39 is 0 Å². The maximum absolute atomic E-state index is 12.6. The second-order valence-electron chi connectivity index (χ2n) is 6.18. The number of halogens is 1. The zero-order valence-electron chi connectivity index (χ0n) is 15.8. The lowest BCUT2D eigenvalue weighted by molar-refractivity contribution is 0.261. The van der Waals surface area contributed by atoms with Gasteiger partial charge < -0.3 is 19.3 Å². The Hall–Kier alpha value is -3.38. The zero-order valence-corrected chi connectivity index (χ0v) is 16.6. The highest BCUT2D eigenvalue weighted by Gasteiger charge is 2.09. The number of benzene rings is 2. The largest absolute Gasteiger partial charge is 0.509 e. The molecule has 3 aromatic rings. The maximum Gasteiger partial charge on any atom is 0.255 e. The molecular formula is C22H20ClNO5. The molecule has 0 bridgehead atoms. The zero-order chi connectivity index (χ0) is 20.8. The second kappa shape index (κ2) is 9.21. The molecule has 0 unspecified atom stereocenters. The van der Waals surface area contributed by atoms with Crippen LogP contribution >= 0.6 is 11.6 Å². The molecule has 0 aliphatic carbocycles. The Morgan fingerprint density at radius 2 is 1.83 bits per heavy atom. The molecule has 29 heavy (non-hydrogen) atoms. The number of pyridine rings is 1. The molecule has 1 N–H and O–H groups in total. The van der Waals surface area contributed by atoms with Gasteiger partial charge in [0, 0.05) is 23.4 Å². The van der Waals surface area contributed by atoms with E-state index in [9.17, 15) is 9.90 Å². The van der Waals surface area contributed by atoms with Crippen LogP contribution in [-0.2, 0) is 6.61 Å². The van der Waals surface area contributed by atoms with Crippen molar-refractivity contribution in [3.63, 3.8) is 0 Å². The molecule has 0 saturated heterocycles. The summed E-state index contributed by atoms with van der Waals surface area (Å²) in [5, 5.41) is 9.81.